The smallest absolute Gasteiger partial charge is 0.238 e. The second kappa shape index (κ2) is 6.95. The van der Waals surface area contributed by atoms with Gasteiger partial charge in [0.05, 0.1) is 16.8 Å². The van der Waals surface area contributed by atoms with Crippen molar-refractivity contribution < 1.29 is 4.74 Å². The van der Waals surface area contributed by atoms with Gasteiger partial charge in [0, 0.05) is 6.20 Å². The number of hydrogen-bond acceptors (Lipinski definition) is 5. The van der Waals surface area contributed by atoms with E-state index in [1.807, 2.05) is 24.3 Å². The van der Waals surface area contributed by atoms with Gasteiger partial charge in [0.2, 0.25) is 5.88 Å². The van der Waals surface area contributed by atoms with Gasteiger partial charge in [-0.3, -0.25) is 0 Å². The fourth-order valence-electron chi connectivity index (χ4n) is 1.40. The quantitative estimate of drug-likeness (QED) is 0.879. The van der Waals surface area contributed by atoms with Crippen molar-refractivity contribution in [2.75, 3.05) is 12.3 Å². The molecule has 2 aromatic rings. The van der Waals surface area contributed by atoms with E-state index >= 15 is 0 Å². The molecule has 2 heterocycles. The Morgan fingerprint density at radius 1 is 1.35 bits per heavy atom. The summed E-state index contributed by atoms with van der Waals surface area (Å²) < 4.78 is 6.56. The van der Waals surface area contributed by atoms with Crippen molar-refractivity contribution in [1.29, 1.82) is 0 Å². The van der Waals surface area contributed by atoms with Crippen LogP contribution in [0.1, 0.15) is 13.8 Å². The van der Waals surface area contributed by atoms with Crippen LogP contribution >= 0.6 is 27.7 Å². The summed E-state index contributed by atoms with van der Waals surface area (Å²) in [5, 5.41) is 1.66. The Bertz CT molecular complexity index is 592. The Balaban J connectivity index is 2.17. The van der Waals surface area contributed by atoms with Crippen LogP contribution in [0.3, 0.4) is 0 Å². The summed E-state index contributed by atoms with van der Waals surface area (Å²) in [6, 6.07) is 7.50. The summed E-state index contributed by atoms with van der Waals surface area (Å²) >= 11 is 4.94. The van der Waals surface area contributed by atoms with Crippen molar-refractivity contribution in [3.05, 3.63) is 34.9 Å². The van der Waals surface area contributed by atoms with Gasteiger partial charge in [-0.25, -0.2) is 9.97 Å². The number of nitrogens with two attached hydrogens (primary N) is 1. The van der Waals surface area contributed by atoms with Crippen LogP contribution in [0.25, 0.3) is 0 Å². The Kier molecular flexibility index (Phi) is 5.25. The Labute approximate surface area is 131 Å². The lowest BCUT2D eigenvalue weighted by molar-refractivity contribution is 0.261. The molecule has 0 atom stereocenters. The molecule has 6 heteroatoms. The van der Waals surface area contributed by atoms with Crippen LogP contribution in [0.15, 0.2) is 45.0 Å². The highest BCUT2D eigenvalue weighted by Gasteiger charge is 2.09. The first kappa shape index (κ1) is 15.1. The molecule has 2 aromatic heterocycles. The fraction of sp³-hybridized carbons (Fsp3) is 0.286. The summed E-state index contributed by atoms with van der Waals surface area (Å²) in [5.41, 5.74) is 6.43. The summed E-state index contributed by atoms with van der Waals surface area (Å²) in [6.45, 7) is 4.76. The molecule has 0 amide bonds. The zero-order chi connectivity index (χ0) is 14.5. The van der Waals surface area contributed by atoms with Crippen molar-refractivity contribution in [1.82, 2.24) is 9.97 Å². The maximum atomic E-state index is 5.88. The van der Waals surface area contributed by atoms with Gasteiger partial charge in [0.15, 0.2) is 0 Å². The maximum absolute atomic E-state index is 5.88. The largest absolute Gasteiger partial charge is 0.476 e. The second-order valence-corrected chi connectivity index (χ2v) is 6.50. The SMILES string of the molecule is CC(C)COc1nc(Sc2ncccc2Br)ccc1N. The van der Waals surface area contributed by atoms with Gasteiger partial charge in [-0.2, -0.15) is 0 Å². The molecule has 0 spiro atoms. The lowest BCUT2D eigenvalue weighted by atomic mass is 10.2. The maximum Gasteiger partial charge on any atom is 0.238 e. The molecule has 0 aromatic carbocycles. The Morgan fingerprint density at radius 2 is 2.15 bits per heavy atom. The second-order valence-electron chi connectivity index (χ2n) is 4.64. The number of halogens is 1. The molecular weight excluding hydrogens is 338 g/mol. The van der Waals surface area contributed by atoms with Gasteiger partial charge in [0.1, 0.15) is 10.1 Å². The number of rotatable bonds is 5. The topological polar surface area (TPSA) is 61.0 Å². The molecule has 2 N–H and O–H groups in total. The van der Waals surface area contributed by atoms with Crippen LogP contribution in [-0.2, 0) is 0 Å². The number of pyridine rings is 2. The Morgan fingerprint density at radius 3 is 2.85 bits per heavy atom. The first-order chi connectivity index (χ1) is 9.56. The van der Waals surface area contributed by atoms with E-state index in [-0.39, 0.29) is 0 Å². The average molecular weight is 354 g/mol. The normalized spacial score (nSPS) is 10.8. The molecule has 0 bridgehead atoms. The van der Waals surface area contributed by atoms with Crippen LogP contribution < -0.4 is 10.5 Å². The van der Waals surface area contributed by atoms with Crippen LogP contribution in [0.2, 0.25) is 0 Å². The molecular formula is C14H16BrN3OS. The molecule has 4 nitrogen and oxygen atoms in total. The molecule has 106 valence electrons. The summed E-state index contributed by atoms with van der Waals surface area (Å²) in [5.74, 6) is 0.910. The van der Waals surface area contributed by atoms with E-state index in [1.165, 1.54) is 11.8 Å². The third-order valence-electron chi connectivity index (χ3n) is 2.34. The number of nitrogens with zero attached hydrogens (tertiary/aromatic N) is 2. The predicted octanol–water partition coefficient (Wildman–Crippen LogP) is 4.01. The predicted molar refractivity (Wildman–Crippen MR) is 85.0 cm³/mol. The van der Waals surface area contributed by atoms with Crippen LogP contribution in [0, 0.1) is 5.92 Å². The number of ether oxygens (including phenoxy) is 1. The zero-order valence-electron chi connectivity index (χ0n) is 11.3. The van der Waals surface area contributed by atoms with Crippen molar-refractivity contribution in [2.45, 2.75) is 23.9 Å². The minimum atomic E-state index is 0.428. The average Bonchev–Trinajstić information content (AvgIpc) is 2.42. The van der Waals surface area contributed by atoms with Crippen molar-refractivity contribution in [2.24, 2.45) is 5.92 Å². The van der Waals surface area contributed by atoms with Crippen LogP contribution in [0.4, 0.5) is 5.69 Å². The minimum absolute atomic E-state index is 0.428. The lowest BCUT2D eigenvalue weighted by Gasteiger charge is -2.11. The van der Waals surface area contributed by atoms with Gasteiger partial charge in [-0.1, -0.05) is 13.8 Å². The standard InChI is InChI=1S/C14H16BrN3OS/c1-9(2)8-19-13-11(16)5-6-12(18-13)20-14-10(15)4-3-7-17-14/h3-7,9H,8,16H2,1-2H3. The third-order valence-corrected chi connectivity index (χ3v) is 4.20. The first-order valence-electron chi connectivity index (χ1n) is 6.24. The van der Waals surface area contributed by atoms with Gasteiger partial charge < -0.3 is 10.5 Å². The zero-order valence-corrected chi connectivity index (χ0v) is 13.7. The van der Waals surface area contributed by atoms with Crippen molar-refractivity contribution >= 4 is 33.4 Å². The molecule has 0 aliphatic rings. The monoisotopic (exact) mass is 353 g/mol. The van der Waals surface area contributed by atoms with Crippen LogP contribution in [-0.4, -0.2) is 16.6 Å². The van der Waals surface area contributed by atoms with E-state index in [4.69, 9.17) is 10.5 Å². The molecule has 0 unspecified atom stereocenters. The highest BCUT2D eigenvalue weighted by atomic mass is 79.9. The van der Waals surface area contributed by atoms with E-state index in [0.717, 1.165) is 14.5 Å². The highest BCUT2D eigenvalue weighted by Crippen LogP contribution is 2.32. The van der Waals surface area contributed by atoms with E-state index in [0.29, 0.717) is 24.1 Å². The van der Waals surface area contributed by atoms with Gasteiger partial charge in [0.25, 0.3) is 0 Å². The van der Waals surface area contributed by atoms with E-state index in [9.17, 15) is 0 Å². The molecule has 0 saturated heterocycles. The Hall–Kier alpha value is -1.27. The van der Waals surface area contributed by atoms with Crippen molar-refractivity contribution in [3.8, 4) is 5.88 Å². The number of aromatic nitrogens is 2. The first-order valence-corrected chi connectivity index (χ1v) is 7.85. The summed E-state index contributed by atoms with van der Waals surface area (Å²) in [7, 11) is 0. The number of hydrogen-bond donors (Lipinski definition) is 1. The van der Waals surface area contributed by atoms with Gasteiger partial charge in [-0.15, -0.1) is 0 Å². The summed E-state index contributed by atoms with van der Waals surface area (Å²) in [6.07, 6.45) is 1.75. The van der Waals surface area contributed by atoms with E-state index < -0.39 is 0 Å². The minimum Gasteiger partial charge on any atom is -0.476 e. The molecule has 0 saturated carbocycles. The van der Waals surface area contributed by atoms with E-state index in [1.54, 1.807) is 6.20 Å². The molecule has 0 fully saturated rings. The lowest BCUT2D eigenvalue weighted by Crippen LogP contribution is -2.07. The van der Waals surface area contributed by atoms with Gasteiger partial charge >= 0.3 is 0 Å². The van der Waals surface area contributed by atoms with Crippen LogP contribution in [0.5, 0.6) is 5.88 Å². The third kappa shape index (κ3) is 4.11. The molecule has 2 rings (SSSR count). The van der Waals surface area contributed by atoms with Gasteiger partial charge in [-0.05, 0) is 57.9 Å². The summed E-state index contributed by atoms with van der Waals surface area (Å²) in [4.78, 5) is 8.74. The molecule has 0 radical (unpaired) electrons. The fourth-order valence-corrected chi connectivity index (χ4v) is 2.64. The number of nitrogen functional groups attached to an aromatic ring is 1. The molecule has 20 heavy (non-hydrogen) atoms. The van der Waals surface area contributed by atoms with Crippen molar-refractivity contribution in [3.63, 3.8) is 0 Å². The molecule has 0 aliphatic heterocycles. The van der Waals surface area contributed by atoms with E-state index in [2.05, 4.69) is 39.7 Å². The highest BCUT2D eigenvalue weighted by molar-refractivity contribution is 9.10. The number of anilines is 1. The molecule has 0 aliphatic carbocycles.